The van der Waals surface area contributed by atoms with Crippen LogP contribution < -0.4 is 16.6 Å². The van der Waals surface area contributed by atoms with Crippen molar-refractivity contribution in [2.24, 2.45) is 10.8 Å². The molecule has 4 N–H and O–H groups in total. The van der Waals surface area contributed by atoms with Gasteiger partial charge < -0.3 is 10.1 Å². The number of hydrogen-bond donors (Lipinski definition) is 3. The molecule has 6 nitrogen and oxygen atoms in total. The van der Waals surface area contributed by atoms with Gasteiger partial charge in [-0.05, 0) is 20.4 Å². The number of guanidine groups is 1. The van der Waals surface area contributed by atoms with Crippen molar-refractivity contribution in [1.82, 2.24) is 15.6 Å². The lowest BCUT2D eigenvalue weighted by atomic mass is 10.3. The number of aliphatic imine (C=N–C) groups is 1. The van der Waals surface area contributed by atoms with Crippen molar-refractivity contribution in [3.05, 3.63) is 0 Å². The van der Waals surface area contributed by atoms with Gasteiger partial charge in [0.05, 0.1) is 19.3 Å². The van der Waals surface area contributed by atoms with Gasteiger partial charge in [0.2, 0.25) is 5.96 Å². The van der Waals surface area contributed by atoms with E-state index < -0.39 is 0 Å². The molecule has 0 spiro atoms. The lowest BCUT2D eigenvalue weighted by molar-refractivity contribution is -0.0210. The van der Waals surface area contributed by atoms with Crippen molar-refractivity contribution in [2.75, 3.05) is 32.8 Å². The van der Waals surface area contributed by atoms with E-state index in [0.717, 1.165) is 26.2 Å². The Morgan fingerprint density at radius 3 is 2.94 bits per heavy atom. The molecule has 0 aromatic heterocycles. The first-order valence-corrected chi connectivity index (χ1v) is 6.27. The number of morpholine rings is 1. The van der Waals surface area contributed by atoms with E-state index in [2.05, 4.69) is 27.6 Å². The molecule has 1 rings (SSSR count). The van der Waals surface area contributed by atoms with Gasteiger partial charge in [0.1, 0.15) is 0 Å². The summed E-state index contributed by atoms with van der Waals surface area (Å²) in [5, 5.41) is 3.14. The van der Waals surface area contributed by atoms with Crippen LogP contribution in [0.4, 0.5) is 0 Å². The Morgan fingerprint density at radius 1 is 1.59 bits per heavy atom. The molecule has 1 fully saturated rings. The number of hydrazine groups is 1. The third-order valence-corrected chi connectivity index (χ3v) is 2.69. The van der Waals surface area contributed by atoms with Gasteiger partial charge in [0.15, 0.2) is 0 Å². The van der Waals surface area contributed by atoms with Gasteiger partial charge >= 0.3 is 0 Å². The molecule has 6 heteroatoms. The van der Waals surface area contributed by atoms with Crippen LogP contribution in [0.3, 0.4) is 0 Å². The van der Waals surface area contributed by atoms with E-state index in [-0.39, 0.29) is 6.10 Å². The minimum absolute atomic E-state index is 0.168. The highest BCUT2D eigenvalue weighted by molar-refractivity contribution is 5.79. The molecule has 100 valence electrons. The van der Waals surface area contributed by atoms with Crippen molar-refractivity contribution in [2.45, 2.75) is 32.9 Å². The largest absolute Gasteiger partial charge is 0.374 e. The molecule has 1 aliphatic rings. The summed E-state index contributed by atoms with van der Waals surface area (Å²) in [4.78, 5) is 6.76. The van der Waals surface area contributed by atoms with Crippen molar-refractivity contribution in [1.29, 1.82) is 0 Å². The molecule has 0 aliphatic carbocycles. The molecule has 1 unspecified atom stereocenters. The third-order valence-electron chi connectivity index (χ3n) is 2.69. The molecule has 1 atom stereocenters. The summed E-state index contributed by atoms with van der Waals surface area (Å²) in [6.45, 7) is 10.7. The predicted molar refractivity (Wildman–Crippen MR) is 69.8 cm³/mol. The fourth-order valence-corrected chi connectivity index (χ4v) is 1.78. The number of nitrogens with zero attached hydrogens (tertiary/aromatic N) is 2. The van der Waals surface area contributed by atoms with Crippen LogP contribution in [0, 0.1) is 0 Å². The Morgan fingerprint density at radius 2 is 2.35 bits per heavy atom. The predicted octanol–water partition coefficient (Wildman–Crippen LogP) is -0.476. The van der Waals surface area contributed by atoms with Gasteiger partial charge in [-0.3, -0.25) is 10.3 Å². The van der Waals surface area contributed by atoms with Gasteiger partial charge in [-0.2, -0.15) is 0 Å². The zero-order valence-corrected chi connectivity index (χ0v) is 11.1. The van der Waals surface area contributed by atoms with Crippen molar-refractivity contribution >= 4 is 5.96 Å². The first kappa shape index (κ1) is 14.2. The van der Waals surface area contributed by atoms with E-state index >= 15 is 0 Å². The standard InChI is InChI=1S/C11H25N5O/c1-4-16-5-6-17-10(8-16)7-13-11(15-12)14-9(2)3/h9-10H,4-8,12H2,1-3H3,(H2,13,14,15). The van der Waals surface area contributed by atoms with Gasteiger partial charge in [-0.15, -0.1) is 0 Å². The number of nitrogens with two attached hydrogens (primary N) is 1. The molecule has 1 heterocycles. The highest BCUT2D eigenvalue weighted by atomic mass is 16.5. The fourth-order valence-electron chi connectivity index (χ4n) is 1.78. The molecule has 0 bridgehead atoms. The second-order valence-electron chi connectivity index (χ2n) is 4.52. The van der Waals surface area contributed by atoms with Crippen molar-refractivity contribution in [3.63, 3.8) is 0 Å². The minimum atomic E-state index is 0.168. The van der Waals surface area contributed by atoms with E-state index in [1.54, 1.807) is 0 Å². The Balaban J connectivity index is 2.38. The van der Waals surface area contributed by atoms with Gasteiger partial charge in [-0.1, -0.05) is 6.92 Å². The normalized spacial score (nSPS) is 22.9. The van der Waals surface area contributed by atoms with Crippen LogP contribution in [0.25, 0.3) is 0 Å². The number of hydrogen-bond acceptors (Lipinski definition) is 4. The highest BCUT2D eigenvalue weighted by Gasteiger charge is 2.18. The average Bonchev–Trinajstić information content (AvgIpc) is 2.34. The third kappa shape index (κ3) is 5.34. The fraction of sp³-hybridized carbons (Fsp3) is 0.909. The quantitative estimate of drug-likeness (QED) is 0.269. The number of rotatable bonds is 4. The Bertz CT molecular complexity index is 244. The number of nitrogens with one attached hydrogen (secondary N) is 2. The summed E-state index contributed by atoms with van der Waals surface area (Å²) < 4.78 is 5.66. The van der Waals surface area contributed by atoms with E-state index in [1.165, 1.54) is 0 Å². The van der Waals surface area contributed by atoms with Gasteiger partial charge in [0, 0.05) is 19.1 Å². The van der Waals surface area contributed by atoms with Crippen LogP contribution in [0.5, 0.6) is 0 Å². The maximum Gasteiger partial charge on any atom is 0.206 e. The lowest BCUT2D eigenvalue weighted by Crippen LogP contribution is -2.47. The maximum absolute atomic E-state index is 5.66. The monoisotopic (exact) mass is 243 g/mol. The first-order chi connectivity index (χ1) is 8.15. The van der Waals surface area contributed by atoms with Crippen LogP contribution >= 0.6 is 0 Å². The highest BCUT2D eigenvalue weighted by Crippen LogP contribution is 2.04. The van der Waals surface area contributed by atoms with Gasteiger partial charge in [-0.25, -0.2) is 10.8 Å². The first-order valence-electron chi connectivity index (χ1n) is 6.27. The van der Waals surface area contributed by atoms with E-state index in [1.807, 2.05) is 13.8 Å². The summed E-state index contributed by atoms with van der Waals surface area (Å²) in [6, 6.07) is 0.309. The topological polar surface area (TPSA) is 74.9 Å². The molecule has 1 saturated heterocycles. The summed E-state index contributed by atoms with van der Waals surface area (Å²) in [7, 11) is 0. The zero-order chi connectivity index (χ0) is 12.7. The summed E-state index contributed by atoms with van der Waals surface area (Å²) in [5.41, 5.74) is 2.57. The second kappa shape index (κ2) is 7.47. The Labute approximate surface area is 104 Å². The molecular formula is C11H25N5O. The van der Waals surface area contributed by atoms with Crippen LogP contribution in [-0.4, -0.2) is 55.8 Å². The van der Waals surface area contributed by atoms with E-state index in [9.17, 15) is 0 Å². The average molecular weight is 243 g/mol. The Kier molecular flexibility index (Phi) is 6.25. The molecule has 0 saturated carbocycles. The summed E-state index contributed by atoms with van der Waals surface area (Å²) >= 11 is 0. The second-order valence-corrected chi connectivity index (χ2v) is 4.52. The van der Waals surface area contributed by atoms with E-state index in [0.29, 0.717) is 18.5 Å². The van der Waals surface area contributed by atoms with Crippen LogP contribution in [0.2, 0.25) is 0 Å². The summed E-state index contributed by atoms with van der Waals surface area (Å²) in [6.07, 6.45) is 0.168. The lowest BCUT2D eigenvalue weighted by Gasteiger charge is -2.31. The van der Waals surface area contributed by atoms with Crippen molar-refractivity contribution in [3.8, 4) is 0 Å². The van der Waals surface area contributed by atoms with E-state index in [4.69, 9.17) is 10.6 Å². The Hall–Kier alpha value is -0.850. The van der Waals surface area contributed by atoms with Crippen LogP contribution in [0.1, 0.15) is 20.8 Å². The summed E-state index contributed by atoms with van der Waals surface area (Å²) in [5.74, 6) is 6.02. The molecule has 1 aliphatic heterocycles. The molecule has 0 aromatic rings. The van der Waals surface area contributed by atoms with Crippen molar-refractivity contribution < 1.29 is 4.74 Å². The maximum atomic E-state index is 5.66. The van der Waals surface area contributed by atoms with Crippen LogP contribution in [-0.2, 0) is 4.74 Å². The SMILES string of the molecule is CCN1CCOC(CN=C(NN)NC(C)C)C1. The smallest absolute Gasteiger partial charge is 0.206 e. The zero-order valence-electron chi connectivity index (χ0n) is 11.1. The number of likely N-dealkylation sites (N-methyl/N-ethyl adjacent to an activating group) is 1. The molecule has 0 radical (unpaired) electrons. The number of ether oxygens (including phenoxy) is 1. The minimum Gasteiger partial charge on any atom is -0.374 e. The molecule has 0 amide bonds. The molecular weight excluding hydrogens is 218 g/mol. The van der Waals surface area contributed by atoms with Gasteiger partial charge in [0.25, 0.3) is 0 Å². The van der Waals surface area contributed by atoms with Crippen LogP contribution in [0.15, 0.2) is 4.99 Å². The molecule has 17 heavy (non-hydrogen) atoms. The molecule has 0 aromatic carbocycles.